The molecule has 1 aliphatic carbocycles. The van der Waals surface area contributed by atoms with Crippen LogP contribution in [0.25, 0.3) is 0 Å². The molecule has 1 saturated carbocycles. The number of nitrogens with zero attached hydrogens (tertiary/aromatic N) is 2. The van der Waals surface area contributed by atoms with Gasteiger partial charge in [-0.3, -0.25) is 19.4 Å². The number of benzene rings is 2. The summed E-state index contributed by atoms with van der Waals surface area (Å²) in [5.74, 6) is -0.738. The molecule has 1 fully saturated rings. The Labute approximate surface area is 139 Å². The number of hydrogen-bond acceptors (Lipinski definition) is 3. The van der Waals surface area contributed by atoms with Crippen LogP contribution in [0.15, 0.2) is 48.5 Å². The van der Waals surface area contributed by atoms with E-state index in [0.717, 1.165) is 18.4 Å². The Morgan fingerprint density at radius 2 is 1.54 bits per heavy atom. The number of hydrogen-bond donors (Lipinski definition) is 0. The Kier molecular flexibility index (Phi) is 3.65. The van der Waals surface area contributed by atoms with E-state index in [1.54, 1.807) is 36.4 Å². The Hall–Kier alpha value is -2.53. The first-order valence-electron chi connectivity index (χ1n) is 8.07. The van der Waals surface area contributed by atoms with Gasteiger partial charge in [0, 0.05) is 12.6 Å². The molecule has 0 bridgehead atoms. The minimum Gasteiger partial charge on any atom is -0.278 e. The standard InChI is InChI=1S/C19H17FN2O2/c20-14-7-5-13(6-8-14)11-21(15-9-10-15)12-22-18(23)16-3-1-2-4-17(16)19(22)24/h1-8,15H,9-12H2. The fourth-order valence-electron chi connectivity index (χ4n) is 3.11. The molecular formula is C19H17FN2O2. The zero-order valence-electron chi connectivity index (χ0n) is 13.1. The summed E-state index contributed by atoms with van der Waals surface area (Å²) in [5, 5.41) is 0. The van der Waals surface area contributed by atoms with E-state index in [9.17, 15) is 14.0 Å². The number of fused-ring (bicyclic) bond motifs is 1. The fraction of sp³-hybridized carbons (Fsp3) is 0.263. The highest BCUT2D eigenvalue weighted by atomic mass is 19.1. The van der Waals surface area contributed by atoms with E-state index in [-0.39, 0.29) is 24.3 Å². The van der Waals surface area contributed by atoms with Crippen LogP contribution in [0.1, 0.15) is 39.1 Å². The summed E-state index contributed by atoms with van der Waals surface area (Å²) in [6, 6.07) is 13.6. The van der Waals surface area contributed by atoms with Crippen LogP contribution in [-0.2, 0) is 6.54 Å². The van der Waals surface area contributed by atoms with E-state index < -0.39 is 0 Å². The third kappa shape index (κ3) is 2.71. The lowest BCUT2D eigenvalue weighted by molar-refractivity contribution is 0.0522. The van der Waals surface area contributed by atoms with Crippen LogP contribution in [0.5, 0.6) is 0 Å². The van der Waals surface area contributed by atoms with Crippen LogP contribution in [-0.4, -0.2) is 34.3 Å². The summed E-state index contributed by atoms with van der Waals surface area (Å²) in [7, 11) is 0. The van der Waals surface area contributed by atoms with E-state index >= 15 is 0 Å². The maximum absolute atomic E-state index is 13.1. The molecule has 0 unspecified atom stereocenters. The van der Waals surface area contributed by atoms with Crippen molar-refractivity contribution in [3.05, 3.63) is 71.0 Å². The second kappa shape index (κ2) is 5.83. The summed E-state index contributed by atoms with van der Waals surface area (Å²) in [5.41, 5.74) is 1.92. The van der Waals surface area contributed by atoms with Crippen molar-refractivity contribution in [1.29, 1.82) is 0 Å². The number of rotatable bonds is 5. The largest absolute Gasteiger partial charge is 0.278 e. The van der Waals surface area contributed by atoms with Gasteiger partial charge in [-0.05, 0) is 42.7 Å². The predicted molar refractivity (Wildman–Crippen MR) is 86.8 cm³/mol. The van der Waals surface area contributed by atoms with Gasteiger partial charge in [-0.1, -0.05) is 24.3 Å². The van der Waals surface area contributed by atoms with Crippen LogP contribution in [0.4, 0.5) is 4.39 Å². The van der Waals surface area contributed by atoms with Gasteiger partial charge in [0.1, 0.15) is 5.82 Å². The first-order valence-corrected chi connectivity index (χ1v) is 8.07. The molecule has 0 atom stereocenters. The van der Waals surface area contributed by atoms with Crippen LogP contribution in [0.3, 0.4) is 0 Å². The molecule has 1 heterocycles. The Bertz CT molecular complexity index is 764. The quantitative estimate of drug-likeness (QED) is 0.794. The van der Waals surface area contributed by atoms with Crippen LogP contribution >= 0.6 is 0 Å². The van der Waals surface area contributed by atoms with Gasteiger partial charge in [0.15, 0.2) is 0 Å². The minimum atomic E-state index is -0.267. The van der Waals surface area contributed by atoms with Crippen molar-refractivity contribution < 1.29 is 14.0 Å². The van der Waals surface area contributed by atoms with Crippen molar-refractivity contribution in [3.8, 4) is 0 Å². The zero-order valence-corrected chi connectivity index (χ0v) is 13.1. The number of imide groups is 1. The molecule has 0 radical (unpaired) electrons. The highest BCUT2D eigenvalue weighted by Gasteiger charge is 2.38. The van der Waals surface area contributed by atoms with Gasteiger partial charge in [-0.15, -0.1) is 0 Å². The average molecular weight is 324 g/mol. The van der Waals surface area contributed by atoms with Crippen molar-refractivity contribution in [1.82, 2.24) is 9.80 Å². The van der Waals surface area contributed by atoms with E-state index in [1.165, 1.54) is 17.0 Å². The van der Waals surface area contributed by atoms with Gasteiger partial charge in [0.25, 0.3) is 11.8 Å². The highest BCUT2D eigenvalue weighted by Crippen LogP contribution is 2.30. The summed E-state index contributed by atoms with van der Waals surface area (Å²) < 4.78 is 13.1. The number of halogens is 1. The molecule has 0 aromatic heterocycles. The normalized spacial score (nSPS) is 16.8. The van der Waals surface area contributed by atoms with Gasteiger partial charge in [0.05, 0.1) is 17.8 Å². The number of carbonyl (C=O) groups excluding carboxylic acids is 2. The molecule has 2 amide bonds. The lowest BCUT2D eigenvalue weighted by Crippen LogP contribution is -2.42. The minimum absolute atomic E-state index is 0.236. The van der Waals surface area contributed by atoms with Gasteiger partial charge < -0.3 is 0 Å². The van der Waals surface area contributed by atoms with Crippen molar-refractivity contribution in [2.45, 2.75) is 25.4 Å². The molecule has 1 aliphatic heterocycles. The van der Waals surface area contributed by atoms with Gasteiger partial charge in [0.2, 0.25) is 0 Å². The molecule has 0 N–H and O–H groups in total. The maximum atomic E-state index is 13.1. The smallest absolute Gasteiger partial charge is 0.262 e. The Morgan fingerprint density at radius 3 is 2.08 bits per heavy atom. The lowest BCUT2D eigenvalue weighted by Gasteiger charge is -2.26. The molecule has 4 nitrogen and oxygen atoms in total. The summed E-state index contributed by atoms with van der Waals surface area (Å²) in [6.07, 6.45) is 2.12. The van der Waals surface area contributed by atoms with Crippen LogP contribution < -0.4 is 0 Å². The summed E-state index contributed by atoms with van der Waals surface area (Å²) in [4.78, 5) is 28.5. The second-order valence-corrected chi connectivity index (χ2v) is 6.33. The van der Waals surface area contributed by atoms with E-state index in [0.29, 0.717) is 23.7 Å². The van der Waals surface area contributed by atoms with Crippen molar-refractivity contribution in [2.24, 2.45) is 0 Å². The average Bonchev–Trinajstić information content (AvgIpc) is 3.41. The van der Waals surface area contributed by atoms with E-state index in [2.05, 4.69) is 4.90 Å². The molecular weight excluding hydrogens is 307 g/mol. The maximum Gasteiger partial charge on any atom is 0.262 e. The van der Waals surface area contributed by atoms with Gasteiger partial charge >= 0.3 is 0 Å². The summed E-state index contributed by atoms with van der Waals surface area (Å²) >= 11 is 0. The molecule has 122 valence electrons. The number of carbonyl (C=O) groups is 2. The molecule has 2 aromatic carbocycles. The Balaban J connectivity index is 1.53. The molecule has 24 heavy (non-hydrogen) atoms. The van der Waals surface area contributed by atoms with Gasteiger partial charge in [-0.2, -0.15) is 0 Å². The first kappa shape index (κ1) is 15.0. The van der Waals surface area contributed by atoms with E-state index in [1.807, 2.05) is 0 Å². The molecule has 5 heteroatoms. The van der Waals surface area contributed by atoms with Gasteiger partial charge in [-0.25, -0.2) is 4.39 Å². The van der Waals surface area contributed by atoms with Crippen LogP contribution in [0.2, 0.25) is 0 Å². The fourth-order valence-corrected chi connectivity index (χ4v) is 3.11. The summed E-state index contributed by atoms with van der Waals surface area (Å²) in [6.45, 7) is 0.868. The van der Waals surface area contributed by atoms with Crippen molar-refractivity contribution in [3.63, 3.8) is 0 Å². The second-order valence-electron chi connectivity index (χ2n) is 6.33. The third-order valence-corrected chi connectivity index (χ3v) is 4.56. The Morgan fingerprint density at radius 1 is 0.958 bits per heavy atom. The van der Waals surface area contributed by atoms with E-state index in [4.69, 9.17) is 0 Å². The van der Waals surface area contributed by atoms with Crippen LogP contribution in [0, 0.1) is 5.82 Å². The van der Waals surface area contributed by atoms with Crippen molar-refractivity contribution >= 4 is 11.8 Å². The first-order chi connectivity index (χ1) is 11.6. The lowest BCUT2D eigenvalue weighted by atomic mass is 10.1. The molecule has 0 spiro atoms. The predicted octanol–water partition coefficient (Wildman–Crippen LogP) is 3.04. The highest BCUT2D eigenvalue weighted by molar-refractivity contribution is 6.21. The number of amides is 2. The molecule has 2 aliphatic rings. The topological polar surface area (TPSA) is 40.6 Å². The molecule has 0 saturated heterocycles. The molecule has 2 aromatic rings. The zero-order chi connectivity index (χ0) is 16.7. The third-order valence-electron chi connectivity index (χ3n) is 4.56. The van der Waals surface area contributed by atoms with Crippen molar-refractivity contribution in [2.75, 3.05) is 6.67 Å². The molecule has 4 rings (SSSR count). The SMILES string of the molecule is O=C1c2ccccc2C(=O)N1CN(Cc1ccc(F)cc1)C1CC1. The monoisotopic (exact) mass is 324 g/mol.